The summed E-state index contributed by atoms with van der Waals surface area (Å²) >= 11 is 0. The zero-order valence-corrected chi connectivity index (χ0v) is 7.27. The van der Waals surface area contributed by atoms with Crippen molar-refractivity contribution < 1.29 is 4.74 Å². The lowest BCUT2D eigenvalue weighted by molar-refractivity contribution is 0.414. The Morgan fingerprint density at radius 1 is 1.31 bits per heavy atom. The van der Waals surface area contributed by atoms with E-state index in [0.29, 0.717) is 0 Å². The molecule has 0 atom stereocenters. The van der Waals surface area contributed by atoms with Gasteiger partial charge >= 0.3 is 0 Å². The summed E-state index contributed by atoms with van der Waals surface area (Å²) in [6, 6.07) is 7.75. The van der Waals surface area contributed by atoms with Gasteiger partial charge in [-0.2, -0.15) is 0 Å². The maximum absolute atomic E-state index is 5.10. The van der Waals surface area contributed by atoms with E-state index < -0.39 is 0 Å². The van der Waals surface area contributed by atoms with Gasteiger partial charge in [0.25, 0.3) is 0 Å². The van der Waals surface area contributed by atoms with Crippen molar-refractivity contribution in [3.63, 3.8) is 0 Å². The fraction of sp³-hybridized carbons (Fsp3) is 0.100. The minimum Gasteiger partial charge on any atom is -0.497 e. The Balaban J connectivity index is 2.30. The van der Waals surface area contributed by atoms with E-state index in [1.807, 2.05) is 24.3 Å². The summed E-state index contributed by atoms with van der Waals surface area (Å²) in [6.07, 6.45) is 3.27. The van der Waals surface area contributed by atoms with Gasteiger partial charge in [-0.1, -0.05) is 12.1 Å². The van der Waals surface area contributed by atoms with Crippen LogP contribution in [0.4, 0.5) is 0 Å². The summed E-state index contributed by atoms with van der Waals surface area (Å²) in [6.45, 7) is 0. The molecule has 0 unspecified atom stereocenters. The molecule has 1 radical (unpaired) electrons. The molecule has 0 N–H and O–H groups in total. The summed E-state index contributed by atoms with van der Waals surface area (Å²) in [7, 11) is 1.65. The quantitative estimate of drug-likeness (QED) is 0.669. The SMILES string of the molecule is COc1cccc(C2=CN=C[N]2)c1. The van der Waals surface area contributed by atoms with Crippen LogP contribution in [0.5, 0.6) is 5.75 Å². The van der Waals surface area contributed by atoms with Crippen molar-refractivity contribution in [3.05, 3.63) is 36.0 Å². The summed E-state index contributed by atoms with van der Waals surface area (Å²) in [4.78, 5) is 3.90. The number of aliphatic imine (C=N–C) groups is 1. The van der Waals surface area contributed by atoms with Crippen LogP contribution >= 0.6 is 0 Å². The Bertz CT molecular complexity index is 369. The Hall–Kier alpha value is -1.77. The van der Waals surface area contributed by atoms with E-state index >= 15 is 0 Å². The minimum absolute atomic E-state index is 0.834. The van der Waals surface area contributed by atoms with Crippen molar-refractivity contribution in [2.75, 3.05) is 7.11 Å². The third-order valence-electron chi connectivity index (χ3n) is 1.83. The van der Waals surface area contributed by atoms with Crippen LogP contribution in [0.1, 0.15) is 5.56 Å². The van der Waals surface area contributed by atoms with Crippen molar-refractivity contribution in [1.29, 1.82) is 0 Å². The van der Waals surface area contributed by atoms with Crippen molar-refractivity contribution in [1.82, 2.24) is 5.32 Å². The lowest BCUT2D eigenvalue weighted by Crippen LogP contribution is -1.96. The molecule has 2 rings (SSSR count). The Morgan fingerprint density at radius 2 is 2.23 bits per heavy atom. The highest BCUT2D eigenvalue weighted by Crippen LogP contribution is 2.19. The predicted molar refractivity (Wildman–Crippen MR) is 51.6 cm³/mol. The predicted octanol–water partition coefficient (Wildman–Crippen LogP) is 1.64. The summed E-state index contributed by atoms with van der Waals surface area (Å²) < 4.78 is 5.10. The van der Waals surface area contributed by atoms with Gasteiger partial charge in [0.15, 0.2) is 0 Å². The molecular formula is C10H9N2O. The molecule has 13 heavy (non-hydrogen) atoms. The average molecular weight is 173 g/mol. The van der Waals surface area contributed by atoms with Gasteiger partial charge in [-0.05, 0) is 12.1 Å². The smallest absolute Gasteiger partial charge is 0.119 e. The third-order valence-corrected chi connectivity index (χ3v) is 1.83. The molecule has 0 saturated heterocycles. The molecule has 0 fully saturated rings. The maximum Gasteiger partial charge on any atom is 0.119 e. The molecular weight excluding hydrogens is 164 g/mol. The van der Waals surface area contributed by atoms with E-state index in [1.165, 1.54) is 6.34 Å². The monoisotopic (exact) mass is 173 g/mol. The zero-order chi connectivity index (χ0) is 9.10. The molecule has 3 nitrogen and oxygen atoms in total. The van der Waals surface area contributed by atoms with Gasteiger partial charge in [0.2, 0.25) is 0 Å². The van der Waals surface area contributed by atoms with Gasteiger partial charge in [-0.3, -0.25) is 0 Å². The Kier molecular flexibility index (Phi) is 2.00. The number of benzene rings is 1. The normalized spacial score (nSPS) is 13.8. The number of hydrogen-bond donors (Lipinski definition) is 0. The van der Waals surface area contributed by atoms with E-state index in [9.17, 15) is 0 Å². The van der Waals surface area contributed by atoms with Gasteiger partial charge in [0.1, 0.15) is 12.1 Å². The fourth-order valence-electron chi connectivity index (χ4n) is 1.16. The van der Waals surface area contributed by atoms with Crippen LogP contribution in [-0.4, -0.2) is 13.4 Å². The Morgan fingerprint density at radius 3 is 2.92 bits per heavy atom. The van der Waals surface area contributed by atoms with Crippen LogP contribution in [0.15, 0.2) is 35.5 Å². The second kappa shape index (κ2) is 3.31. The molecule has 0 bridgehead atoms. The number of nitrogens with zero attached hydrogens (tertiary/aromatic N) is 2. The van der Waals surface area contributed by atoms with Crippen LogP contribution in [0.2, 0.25) is 0 Å². The van der Waals surface area contributed by atoms with E-state index in [0.717, 1.165) is 17.0 Å². The van der Waals surface area contributed by atoms with E-state index in [-0.39, 0.29) is 0 Å². The molecule has 0 aliphatic carbocycles. The molecule has 0 spiro atoms. The van der Waals surface area contributed by atoms with E-state index in [2.05, 4.69) is 10.3 Å². The summed E-state index contributed by atoms with van der Waals surface area (Å²) in [5.74, 6) is 0.834. The third kappa shape index (κ3) is 1.54. The summed E-state index contributed by atoms with van der Waals surface area (Å²) in [5.41, 5.74) is 1.90. The van der Waals surface area contributed by atoms with Gasteiger partial charge < -0.3 is 4.74 Å². The van der Waals surface area contributed by atoms with E-state index in [4.69, 9.17) is 4.74 Å². The Labute approximate surface area is 76.8 Å². The first kappa shape index (κ1) is 7.86. The lowest BCUT2D eigenvalue weighted by Gasteiger charge is -2.03. The van der Waals surface area contributed by atoms with Crippen molar-refractivity contribution in [2.24, 2.45) is 4.99 Å². The van der Waals surface area contributed by atoms with Gasteiger partial charge in [0.05, 0.1) is 19.0 Å². The van der Waals surface area contributed by atoms with E-state index in [1.54, 1.807) is 13.3 Å². The second-order valence-corrected chi connectivity index (χ2v) is 2.64. The highest BCUT2D eigenvalue weighted by molar-refractivity contribution is 5.80. The van der Waals surface area contributed by atoms with Crippen LogP contribution in [0, 0.1) is 0 Å². The summed E-state index contributed by atoms with van der Waals surface area (Å²) in [5, 5.41) is 4.10. The van der Waals surface area contributed by atoms with Crippen LogP contribution in [0.25, 0.3) is 5.70 Å². The van der Waals surface area contributed by atoms with Crippen molar-refractivity contribution in [3.8, 4) is 5.75 Å². The lowest BCUT2D eigenvalue weighted by atomic mass is 10.1. The topological polar surface area (TPSA) is 35.7 Å². The second-order valence-electron chi connectivity index (χ2n) is 2.64. The standard InChI is InChI=1S/C10H9N2O/c1-13-9-4-2-3-8(5-9)10-6-11-7-12-10/h2-7H,1H3. The largest absolute Gasteiger partial charge is 0.497 e. The number of ether oxygens (including phenoxy) is 1. The molecule has 1 aliphatic rings. The molecule has 0 amide bonds. The first-order valence-electron chi connectivity index (χ1n) is 3.97. The van der Waals surface area contributed by atoms with Crippen molar-refractivity contribution >= 4 is 12.0 Å². The molecule has 65 valence electrons. The fourth-order valence-corrected chi connectivity index (χ4v) is 1.16. The molecule has 0 saturated carbocycles. The number of methoxy groups -OCH3 is 1. The molecule has 0 aromatic heterocycles. The minimum atomic E-state index is 0.834. The molecule has 1 heterocycles. The molecule has 1 aromatic rings. The molecule has 3 heteroatoms. The molecule has 1 aromatic carbocycles. The average Bonchev–Trinajstić information content (AvgIpc) is 2.71. The zero-order valence-electron chi connectivity index (χ0n) is 7.27. The van der Waals surface area contributed by atoms with Crippen LogP contribution in [0.3, 0.4) is 0 Å². The van der Waals surface area contributed by atoms with Crippen LogP contribution < -0.4 is 10.1 Å². The number of hydrogen-bond acceptors (Lipinski definition) is 2. The molecule has 1 aliphatic heterocycles. The number of rotatable bonds is 2. The van der Waals surface area contributed by atoms with Crippen molar-refractivity contribution in [2.45, 2.75) is 0 Å². The van der Waals surface area contributed by atoms with Crippen LogP contribution in [-0.2, 0) is 0 Å². The highest BCUT2D eigenvalue weighted by Gasteiger charge is 2.05. The first-order chi connectivity index (χ1) is 6.40. The first-order valence-corrected chi connectivity index (χ1v) is 3.97. The maximum atomic E-state index is 5.10. The highest BCUT2D eigenvalue weighted by atomic mass is 16.5. The van der Waals surface area contributed by atoms with Gasteiger partial charge in [-0.15, -0.1) is 0 Å². The van der Waals surface area contributed by atoms with Gasteiger partial charge in [0, 0.05) is 5.56 Å². The van der Waals surface area contributed by atoms with Gasteiger partial charge in [-0.25, -0.2) is 10.3 Å².